The van der Waals surface area contributed by atoms with E-state index in [-0.39, 0.29) is 5.78 Å². The fourth-order valence-corrected chi connectivity index (χ4v) is 2.21. The molecule has 88 valence electrons. The Balaban J connectivity index is 1.91. The van der Waals surface area contributed by atoms with Crippen LogP contribution in [0.25, 0.3) is 0 Å². The van der Waals surface area contributed by atoms with Crippen LogP contribution in [0.15, 0.2) is 12.3 Å². The molecule has 0 aliphatic heterocycles. The fourth-order valence-electron chi connectivity index (χ4n) is 2.21. The Hall–Kier alpha value is -1.16. The van der Waals surface area contributed by atoms with Crippen LogP contribution in [0.5, 0.6) is 0 Å². The second kappa shape index (κ2) is 4.37. The van der Waals surface area contributed by atoms with E-state index in [0.717, 1.165) is 31.4 Å². The van der Waals surface area contributed by atoms with Gasteiger partial charge in [0.05, 0.1) is 0 Å². The molecular formula is C12H18N2O2. The normalized spacial score (nSPS) is 18.1. The Morgan fingerprint density at radius 1 is 1.62 bits per heavy atom. The summed E-state index contributed by atoms with van der Waals surface area (Å²) >= 11 is 0. The third kappa shape index (κ3) is 1.89. The maximum Gasteiger partial charge on any atom is 0.164 e. The number of ether oxygens (including phenoxy) is 1. The van der Waals surface area contributed by atoms with E-state index in [9.17, 15) is 4.79 Å². The van der Waals surface area contributed by atoms with Gasteiger partial charge in [-0.2, -0.15) is 5.10 Å². The van der Waals surface area contributed by atoms with Crippen LogP contribution >= 0.6 is 0 Å². The van der Waals surface area contributed by atoms with E-state index in [4.69, 9.17) is 4.74 Å². The van der Waals surface area contributed by atoms with E-state index in [2.05, 4.69) is 5.10 Å². The summed E-state index contributed by atoms with van der Waals surface area (Å²) in [7, 11) is 3.54. The van der Waals surface area contributed by atoms with E-state index < -0.39 is 5.60 Å². The Morgan fingerprint density at radius 3 is 2.81 bits per heavy atom. The maximum atomic E-state index is 12.0. The van der Waals surface area contributed by atoms with Gasteiger partial charge in [0.2, 0.25) is 0 Å². The highest BCUT2D eigenvalue weighted by molar-refractivity contribution is 5.88. The lowest BCUT2D eigenvalue weighted by atomic mass is 9.75. The molecule has 0 spiro atoms. The minimum atomic E-state index is -0.460. The first-order valence-corrected chi connectivity index (χ1v) is 5.73. The number of carbonyl (C=O) groups is 1. The van der Waals surface area contributed by atoms with Gasteiger partial charge in [0.1, 0.15) is 5.60 Å². The Kier molecular flexibility index (Phi) is 3.10. The molecule has 1 aliphatic rings. The van der Waals surface area contributed by atoms with Crippen molar-refractivity contribution < 1.29 is 9.53 Å². The molecule has 2 rings (SSSR count). The lowest BCUT2D eigenvalue weighted by molar-refractivity contribution is -0.151. The summed E-state index contributed by atoms with van der Waals surface area (Å²) in [5.74, 6) is 0.238. The van der Waals surface area contributed by atoms with Gasteiger partial charge in [-0.15, -0.1) is 0 Å². The number of hydrogen-bond acceptors (Lipinski definition) is 3. The van der Waals surface area contributed by atoms with Crippen LogP contribution in [0.1, 0.15) is 31.4 Å². The van der Waals surface area contributed by atoms with Gasteiger partial charge in [0.15, 0.2) is 5.78 Å². The minimum absolute atomic E-state index is 0.238. The highest BCUT2D eigenvalue weighted by Gasteiger charge is 2.43. The molecule has 1 fully saturated rings. The number of nitrogens with zero attached hydrogens (tertiary/aromatic N) is 2. The molecule has 1 aliphatic carbocycles. The van der Waals surface area contributed by atoms with E-state index in [1.165, 1.54) is 0 Å². The zero-order valence-electron chi connectivity index (χ0n) is 9.90. The van der Waals surface area contributed by atoms with Gasteiger partial charge in [-0.25, -0.2) is 0 Å². The van der Waals surface area contributed by atoms with Crippen molar-refractivity contribution in [3.05, 3.63) is 18.0 Å². The highest BCUT2D eigenvalue weighted by atomic mass is 16.5. The molecule has 0 bridgehead atoms. The maximum absolute atomic E-state index is 12.0. The summed E-state index contributed by atoms with van der Waals surface area (Å²) in [6.45, 7) is 0. The van der Waals surface area contributed by atoms with Crippen molar-refractivity contribution in [3.63, 3.8) is 0 Å². The third-order valence-electron chi connectivity index (χ3n) is 3.59. The number of hydrogen-bond donors (Lipinski definition) is 0. The lowest BCUT2D eigenvalue weighted by Gasteiger charge is -2.38. The molecule has 0 atom stereocenters. The predicted molar refractivity (Wildman–Crippen MR) is 60.1 cm³/mol. The Labute approximate surface area is 95.6 Å². The molecule has 1 aromatic heterocycles. The summed E-state index contributed by atoms with van der Waals surface area (Å²) < 4.78 is 7.18. The second-order valence-corrected chi connectivity index (χ2v) is 4.42. The molecule has 4 heteroatoms. The standard InChI is InChI=1S/C12H18N2O2/c1-14-10(6-9-13-14)4-5-11(15)12(16-2)7-3-8-12/h6,9H,3-5,7-8H2,1-2H3. The summed E-state index contributed by atoms with van der Waals surface area (Å²) in [4.78, 5) is 12.0. The molecule has 0 unspecified atom stereocenters. The average Bonchev–Trinajstić information content (AvgIpc) is 2.60. The number of ketones is 1. The molecule has 0 amide bonds. The molecular weight excluding hydrogens is 204 g/mol. The van der Waals surface area contributed by atoms with Gasteiger partial charge in [-0.1, -0.05) is 0 Å². The van der Waals surface area contributed by atoms with E-state index >= 15 is 0 Å². The SMILES string of the molecule is COC1(C(=O)CCc2ccnn2C)CCC1. The lowest BCUT2D eigenvalue weighted by Crippen LogP contribution is -2.47. The van der Waals surface area contributed by atoms with E-state index in [1.807, 2.05) is 17.8 Å². The quantitative estimate of drug-likeness (QED) is 0.758. The smallest absolute Gasteiger partial charge is 0.164 e. The average molecular weight is 222 g/mol. The predicted octanol–water partition coefficient (Wildman–Crippen LogP) is 1.49. The van der Waals surface area contributed by atoms with E-state index in [1.54, 1.807) is 13.3 Å². The van der Waals surface area contributed by atoms with Crippen LogP contribution in [0.4, 0.5) is 0 Å². The molecule has 0 N–H and O–H groups in total. The summed E-state index contributed by atoms with van der Waals surface area (Å²) in [5.41, 5.74) is 0.636. The molecule has 0 radical (unpaired) electrons. The van der Waals surface area contributed by atoms with Crippen LogP contribution in [-0.4, -0.2) is 28.3 Å². The zero-order chi connectivity index (χ0) is 11.6. The van der Waals surface area contributed by atoms with Gasteiger partial charge >= 0.3 is 0 Å². The van der Waals surface area contributed by atoms with Gasteiger partial charge < -0.3 is 4.74 Å². The molecule has 1 saturated carbocycles. The van der Waals surface area contributed by atoms with Crippen LogP contribution in [0.3, 0.4) is 0 Å². The first kappa shape index (κ1) is 11.3. The summed E-state index contributed by atoms with van der Waals surface area (Å²) in [6, 6.07) is 1.95. The van der Waals surface area contributed by atoms with Crippen LogP contribution < -0.4 is 0 Å². The highest BCUT2D eigenvalue weighted by Crippen LogP contribution is 2.36. The molecule has 1 heterocycles. The minimum Gasteiger partial charge on any atom is -0.370 e. The van der Waals surface area contributed by atoms with E-state index in [0.29, 0.717) is 6.42 Å². The third-order valence-corrected chi connectivity index (χ3v) is 3.59. The zero-order valence-corrected chi connectivity index (χ0v) is 9.90. The van der Waals surface area contributed by atoms with Gasteiger partial charge in [-0.05, 0) is 31.7 Å². The van der Waals surface area contributed by atoms with Crippen LogP contribution in [-0.2, 0) is 23.0 Å². The molecule has 0 saturated heterocycles. The number of Topliss-reactive ketones (excluding diaryl/α,β-unsaturated/α-hetero) is 1. The Bertz CT molecular complexity index is 375. The van der Waals surface area contributed by atoms with Gasteiger partial charge in [0.25, 0.3) is 0 Å². The monoisotopic (exact) mass is 222 g/mol. The van der Waals surface area contributed by atoms with Crippen molar-refractivity contribution in [2.45, 2.75) is 37.7 Å². The summed E-state index contributed by atoms with van der Waals surface area (Å²) in [6.07, 6.45) is 5.93. The number of rotatable bonds is 5. The summed E-state index contributed by atoms with van der Waals surface area (Å²) in [5, 5.41) is 4.09. The number of aromatic nitrogens is 2. The fraction of sp³-hybridized carbons (Fsp3) is 0.667. The van der Waals surface area contributed by atoms with Crippen molar-refractivity contribution in [2.24, 2.45) is 7.05 Å². The number of aryl methyl sites for hydroxylation is 2. The van der Waals surface area contributed by atoms with Crippen molar-refractivity contribution in [2.75, 3.05) is 7.11 Å². The first-order valence-electron chi connectivity index (χ1n) is 5.73. The van der Waals surface area contributed by atoms with Crippen LogP contribution in [0.2, 0.25) is 0 Å². The van der Waals surface area contributed by atoms with Crippen molar-refractivity contribution in [3.8, 4) is 0 Å². The first-order chi connectivity index (χ1) is 7.68. The Morgan fingerprint density at radius 2 is 2.38 bits per heavy atom. The van der Waals surface area contributed by atoms with Crippen LogP contribution in [0, 0.1) is 0 Å². The molecule has 16 heavy (non-hydrogen) atoms. The molecule has 1 aromatic rings. The largest absolute Gasteiger partial charge is 0.370 e. The molecule has 4 nitrogen and oxygen atoms in total. The number of carbonyl (C=O) groups excluding carboxylic acids is 1. The molecule has 0 aromatic carbocycles. The number of methoxy groups -OCH3 is 1. The van der Waals surface area contributed by atoms with Crippen molar-refractivity contribution in [1.82, 2.24) is 9.78 Å². The van der Waals surface area contributed by atoms with Crippen molar-refractivity contribution in [1.29, 1.82) is 0 Å². The topological polar surface area (TPSA) is 44.1 Å². The van der Waals surface area contributed by atoms with Gasteiger partial charge in [-0.3, -0.25) is 9.48 Å². The second-order valence-electron chi connectivity index (χ2n) is 4.42. The van der Waals surface area contributed by atoms with Gasteiger partial charge in [0, 0.05) is 32.5 Å². The van der Waals surface area contributed by atoms with Crippen molar-refractivity contribution >= 4 is 5.78 Å².